The van der Waals surface area contributed by atoms with Crippen LogP contribution in [0.25, 0.3) is 0 Å². The standard InChI is InChI=1S/C11H17O.2ClH.Ti/c1-7-8(2)10(6-12)11(4,5)9(7)3;;;/h6H2,1-5H3;2*1H;/q-1;;;+3/p-2. The first kappa shape index (κ1) is 18.1. The van der Waals surface area contributed by atoms with Crippen molar-refractivity contribution in [3.05, 3.63) is 22.3 Å². The first-order valence-electron chi connectivity index (χ1n) is 4.60. The van der Waals surface area contributed by atoms with E-state index in [1.54, 1.807) is 20.8 Å². The Hall–Kier alpha value is 0.734. The van der Waals surface area contributed by atoms with Crippen LogP contribution in [0.4, 0.5) is 0 Å². The summed E-state index contributed by atoms with van der Waals surface area (Å²) < 4.78 is 5.24. The van der Waals surface area contributed by atoms with Crippen molar-refractivity contribution in [3.63, 3.8) is 0 Å². The summed E-state index contributed by atoms with van der Waals surface area (Å²) in [6, 6.07) is 0. The fourth-order valence-corrected chi connectivity index (χ4v) is 2.26. The molecule has 0 aliphatic heterocycles. The Labute approximate surface area is 117 Å². The first-order chi connectivity index (χ1) is 5.92. The number of halogens is 2. The second kappa shape index (κ2) is 6.46. The van der Waals surface area contributed by atoms with Gasteiger partial charge in [-0.25, -0.2) is 0 Å². The van der Waals surface area contributed by atoms with Crippen LogP contribution in [0.2, 0.25) is 0 Å². The maximum absolute atomic E-state index is 5.24. The Morgan fingerprint density at radius 2 is 1.53 bits per heavy atom. The van der Waals surface area contributed by atoms with Crippen molar-refractivity contribution >= 4 is 0 Å². The van der Waals surface area contributed by atoms with E-state index in [4.69, 9.17) is 3.32 Å². The zero-order valence-corrected chi connectivity index (χ0v) is 12.9. The van der Waals surface area contributed by atoms with E-state index >= 15 is 0 Å². The van der Waals surface area contributed by atoms with Crippen molar-refractivity contribution in [3.8, 4) is 0 Å². The maximum Gasteiger partial charge on any atom is -1.00 e. The molecule has 1 aliphatic carbocycles. The second-order valence-corrected chi connectivity index (χ2v) is 4.72. The van der Waals surface area contributed by atoms with Crippen LogP contribution in [0, 0.1) is 5.41 Å². The number of rotatable bonds is 2. The summed E-state index contributed by atoms with van der Waals surface area (Å²) in [4.78, 5) is 0. The van der Waals surface area contributed by atoms with Gasteiger partial charge in [0.05, 0.1) is 0 Å². The second-order valence-electron chi connectivity index (χ2n) is 4.27. The van der Waals surface area contributed by atoms with E-state index in [0.29, 0.717) is 0 Å². The summed E-state index contributed by atoms with van der Waals surface area (Å²) in [5, 5.41) is 0. The van der Waals surface area contributed by atoms with Crippen LogP contribution in [0.5, 0.6) is 0 Å². The Balaban J connectivity index is 0. The van der Waals surface area contributed by atoms with Gasteiger partial charge in [0, 0.05) is 0 Å². The molecular formula is C11H17Cl2OTi. The van der Waals surface area contributed by atoms with Crippen molar-refractivity contribution in [2.45, 2.75) is 34.6 Å². The topological polar surface area (TPSA) is 9.23 Å². The van der Waals surface area contributed by atoms with E-state index in [-0.39, 0.29) is 30.2 Å². The summed E-state index contributed by atoms with van der Waals surface area (Å²) in [6.07, 6.45) is 0. The molecule has 0 saturated heterocycles. The molecule has 0 aromatic rings. The number of hydrogen-bond acceptors (Lipinski definition) is 1. The molecule has 0 saturated carbocycles. The number of allylic oxidation sites excluding steroid dienone is 3. The van der Waals surface area contributed by atoms with Crippen LogP contribution in [-0.4, -0.2) is 6.61 Å². The molecule has 85 valence electrons. The molecule has 0 aromatic heterocycles. The molecule has 0 N–H and O–H groups in total. The summed E-state index contributed by atoms with van der Waals surface area (Å²) in [5.41, 5.74) is 5.98. The van der Waals surface area contributed by atoms with Crippen molar-refractivity contribution < 1.29 is 49.0 Å². The minimum Gasteiger partial charge on any atom is -1.00 e. The summed E-state index contributed by atoms with van der Waals surface area (Å²) in [5.74, 6) is 0. The Morgan fingerprint density at radius 3 is 1.80 bits per heavy atom. The summed E-state index contributed by atoms with van der Waals surface area (Å²) in [7, 11) is 0. The van der Waals surface area contributed by atoms with Gasteiger partial charge in [0.15, 0.2) is 0 Å². The summed E-state index contributed by atoms with van der Waals surface area (Å²) in [6.45, 7) is 11.9. The molecule has 0 spiro atoms. The molecule has 0 aromatic carbocycles. The van der Waals surface area contributed by atoms with Crippen LogP contribution in [0.1, 0.15) is 34.6 Å². The molecule has 15 heavy (non-hydrogen) atoms. The average molecular weight is 284 g/mol. The molecule has 1 rings (SSSR count). The zero-order chi connectivity index (χ0) is 10.2. The third-order valence-corrected chi connectivity index (χ3v) is 3.71. The third kappa shape index (κ3) is 3.11. The largest absolute Gasteiger partial charge is 1.00 e. The zero-order valence-electron chi connectivity index (χ0n) is 9.87. The fourth-order valence-electron chi connectivity index (χ4n) is 2.03. The van der Waals surface area contributed by atoms with Crippen molar-refractivity contribution in [1.82, 2.24) is 0 Å². The monoisotopic (exact) mass is 283 g/mol. The molecule has 0 bridgehead atoms. The normalized spacial score (nSPS) is 18.9. The van der Waals surface area contributed by atoms with Crippen LogP contribution in [0.15, 0.2) is 22.3 Å². The maximum atomic E-state index is 5.24. The molecular weight excluding hydrogens is 267 g/mol. The van der Waals surface area contributed by atoms with Gasteiger partial charge in [-0.3, -0.25) is 0 Å². The van der Waals surface area contributed by atoms with E-state index in [9.17, 15) is 0 Å². The van der Waals surface area contributed by atoms with E-state index in [1.165, 1.54) is 22.3 Å². The molecule has 0 fully saturated rings. The molecule has 4 heteroatoms. The molecule has 0 radical (unpaired) electrons. The van der Waals surface area contributed by atoms with Crippen LogP contribution in [0.3, 0.4) is 0 Å². The Morgan fingerprint density at radius 1 is 1.07 bits per heavy atom. The van der Waals surface area contributed by atoms with Gasteiger partial charge in [-0.05, 0) is 0 Å². The van der Waals surface area contributed by atoms with E-state index in [2.05, 4.69) is 34.6 Å². The van der Waals surface area contributed by atoms with Crippen LogP contribution in [-0.2, 0) is 24.1 Å². The van der Waals surface area contributed by atoms with Crippen molar-refractivity contribution in [2.75, 3.05) is 6.61 Å². The number of hydrogen-bond donors (Lipinski definition) is 0. The molecule has 0 unspecified atom stereocenters. The third-order valence-electron chi connectivity index (χ3n) is 3.49. The minimum atomic E-state index is 0. The molecule has 0 atom stereocenters. The van der Waals surface area contributed by atoms with E-state index in [1.807, 2.05) is 0 Å². The first-order valence-corrected chi connectivity index (χ1v) is 5.23. The van der Waals surface area contributed by atoms with Gasteiger partial charge in [0.1, 0.15) is 0 Å². The van der Waals surface area contributed by atoms with E-state index in [0.717, 1.165) is 6.61 Å². The SMILES string of the molecule is CC1=C(C)C(C)(C)C(C[O][Ti+2])=C1C.[Cl-].[Cl-]. The molecule has 0 heterocycles. The van der Waals surface area contributed by atoms with Gasteiger partial charge in [0.2, 0.25) is 0 Å². The smallest absolute Gasteiger partial charge is 1.00 e. The predicted molar refractivity (Wildman–Crippen MR) is 50.8 cm³/mol. The Kier molecular flexibility index (Phi) is 7.80. The van der Waals surface area contributed by atoms with Gasteiger partial charge < -0.3 is 24.8 Å². The van der Waals surface area contributed by atoms with Gasteiger partial charge >= 0.3 is 93.1 Å². The molecule has 1 aliphatic rings. The Bertz CT molecular complexity index is 293. The van der Waals surface area contributed by atoms with Gasteiger partial charge in [-0.2, -0.15) is 0 Å². The van der Waals surface area contributed by atoms with Gasteiger partial charge in [-0.15, -0.1) is 0 Å². The average Bonchev–Trinajstić information content (AvgIpc) is 2.20. The quantitative estimate of drug-likeness (QED) is 0.497. The predicted octanol–water partition coefficient (Wildman–Crippen LogP) is -2.83. The van der Waals surface area contributed by atoms with Crippen LogP contribution < -0.4 is 24.8 Å². The van der Waals surface area contributed by atoms with Gasteiger partial charge in [-0.1, -0.05) is 0 Å². The van der Waals surface area contributed by atoms with Crippen LogP contribution >= 0.6 is 0 Å². The minimum absolute atomic E-state index is 0. The fraction of sp³-hybridized carbons (Fsp3) is 0.636. The molecule has 1 nitrogen and oxygen atoms in total. The van der Waals surface area contributed by atoms with Crippen molar-refractivity contribution in [1.29, 1.82) is 0 Å². The van der Waals surface area contributed by atoms with Crippen molar-refractivity contribution in [2.24, 2.45) is 5.41 Å². The molecule has 0 amide bonds. The van der Waals surface area contributed by atoms with Gasteiger partial charge in [0.25, 0.3) is 0 Å². The summed E-state index contributed by atoms with van der Waals surface area (Å²) >= 11 is 1.76. The van der Waals surface area contributed by atoms with E-state index < -0.39 is 0 Å².